The molecule has 5 nitrogen and oxygen atoms in total. The summed E-state index contributed by atoms with van der Waals surface area (Å²) in [6.07, 6.45) is 1.42. The van der Waals surface area contributed by atoms with Gasteiger partial charge in [-0.15, -0.1) is 0 Å². The highest BCUT2D eigenvalue weighted by molar-refractivity contribution is 9.11. The molecule has 0 unspecified atom stereocenters. The summed E-state index contributed by atoms with van der Waals surface area (Å²) >= 11 is 6.45. The monoisotopic (exact) mass is 420 g/mol. The molecule has 2 rings (SSSR count). The highest BCUT2D eigenvalue weighted by atomic mass is 79.9. The van der Waals surface area contributed by atoms with Crippen LogP contribution in [-0.2, 0) is 17.1 Å². The summed E-state index contributed by atoms with van der Waals surface area (Å²) in [5.41, 5.74) is 0.107. The third kappa shape index (κ3) is 3.31. The average Bonchev–Trinajstić information content (AvgIpc) is 2.36. The number of anilines is 1. The Hall–Kier alpha value is -1.12. The van der Waals surface area contributed by atoms with Crippen LogP contribution in [0, 0.1) is 0 Å². The van der Waals surface area contributed by atoms with Crippen LogP contribution in [0.2, 0.25) is 0 Å². The van der Waals surface area contributed by atoms with Crippen molar-refractivity contribution in [3.8, 4) is 0 Å². The number of sulfonamides is 1. The molecule has 0 saturated carbocycles. The number of hydrogen-bond acceptors (Lipinski definition) is 3. The second-order valence-corrected chi connectivity index (χ2v) is 7.47. The zero-order valence-corrected chi connectivity index (χ0v) is 14.3. The Morgan fingerprint density at radius 3 is 2.50 bits per heavy atom. The molecule has 0 saturated heterocycles. The number of aryl methyl sites for hydroxylation is 1. The lowest BCUT2D eigenvalue weighted by Crippen LogP contribution is -2.18. The molecule has 1 heterocycles. The summed E-state index contributed by atoms with van der Waals surface area (Å²) in [7, 11) is -2.19. The van der Waals surface area contributed by atoms with E-state index in [1.807, 2.05) is 0 Å². The topological polar surface area (TPSA) is 68.2 Å². The van der Waals surface area contributed by atoms with Crippen molar-refractivity contribution in [3.05, 3.63) is 55.8 Å². The molecule has 0 atom stereocenters. The summed E-state index contributed by atoms with van der Waals surface area (Å²) in [6.45, 7) is 0. The predicted octanol–water partition coefficient (Wildman–Crippen LogP) is 2.71. The first-order chi connectivity index (χ1) is 9.29. The van der Waals surface area contributed by atoms with Crippen LogP contribution in [-0.4, -0.2) is 13.0 Å². The maximum absolute atomic E-state index is 12.3. The van der Waals surface area contributed by atoms with Crippen molar-refractivity contribution in [1.29, 1.82) is 0 Å². The average molecular weight is 422 g/mol. The zero-order chi connectivity index (χ0) is 14.9. The minimum atomic E-state index is -3.74. The molecular weight excluding hydrogens is 412 g/mol. The Balaban J connectivity index is 2.43. The van der Waals surface area contributed by atoms with Crippen molar-refractivity contribution in [2.75, 3.05) is 4.72 Å². The molecule has 8 heteroatoms. The minimum absolute atomic E-state index is 0.112. The molecule has 1 aromatic carbocycles. The summed E-state index contributed by atoms with van der Waals surface area (Å²) in [6, 6.07) is 7.59. The van der Waals surface area contributed by atoms with Crippen molar-refractivity contribution < 1.29 is 8.42 Å². The lowest BCUT2D eigenvalue weighted by atomic mass is 10.4. The van der Waals surface area contributed by atoms with Gasteiger partial charge in [0, 0.05) is 28.3 Å². The number of nitrogens with zero attached hydrogens (tertiary/aromatic N) is 1. The first-order valence-corrected chi connectivity index (χ1v) is 8.51. The Kier molecular flexibility index (Phi) is 4.36. The molecule has 1 N–H and O–H groups in total. The fourth-order valence-electron chi connectivity index (χ4n) is 1.55. The molecule has 0 aliphatic carbocycles. The smallest absolute Gasteiger partial charge is 0.263 e. The molecule has 2 aromatic rings. The van der Waals surface area contributed by atoms with E-state index in [4.69, 9.17) is 0 Å². The van der Waals surface area contributed by atoms with Gasteiger partial charge in [-0.1, -0.05) is 15.9 Å². The van der Waals surface area contributed by atoms with Crippen molar-refractivity contribution in [2.45, 2.75) is 4.90 Å². The van der Waals surface area contributed by atoms with Crippen LogP contribution in [0.1, 0.15) is 0 Å². The third-order valence-corrected chi connectivity index (χ3v) is 5.39. The van der Waals surface area contributed by atoms with Crippen molar-refractivity contribution >= 4 is 47.6 Å². The Morgan fingerprint density at radius 2 is 1.85 bits per heavy atom. The molecular formula is C12H10Br2N2O3S. The Morgan fingerprint density at radius 1 is 1.15 bits per heavy atom. The highest BCUT2D eigenvalue weighted by Gasteiger charge is 2.18. The molecule has 0 spiro atoms. The van der Waals surface area contributed by atoms with E-state index >= 15 is 0 Å². The van der Waals surface area contributed by atoms with Gasteiger partial charge in [-0.3, -0.25) is 9.52 Å². The van der Waals surface area contributed by atoms with Crippen molar-refractivity contribution in [2.24, 2.45) is 7.05 Å². The van der Waals surface area contributed by atoms with Gasteiger partial charge in [-0.2, -0.15) is 0 Å². The molecule has 0 aliphatic heterocycles. The number of pyridine rings is 1. The lowest BCUT2D eigenvalue weighted by Gasteiger charge is -2.10. The van der Waals surface area contributed by atoms with E-state index in [2.05, 4.69) is 36.6 Å². The molecule has 0 amide bonds. The van der Waals surface area contributed by atoms with Gasteiger partial charge in [-0.05, 0) is 40.2 Å². The highest BCUT2D eigenvalue weighted by Crippen LogP contribution is 2.27. The molecule has 0 bridgehead atoms. The molecule has 0 fully saturated rings. The van der Waals surface area contributed by atoms with E-state index in [-0.39, 0.29) is 10.5 Å². The summed E-state index contributed by atoms with van der Waals surface area (Å²) in [4.78, 5) is 11.4. The van der Waals surface area contributed by atoms with E-state index in [1.165, 1.54) is 29.0 Å². The maximum Gasteiger partial charge on any atom is 0.263 e. The molecule has 106 valence electrons. The van der Waals surface area contributed by atoms with Crippen LogP contribution in [0.5, 0.6) is 0 Å². The zero-order valence-electron chi connectivity index (χ0n) is 10.3. The van der Waals surface area contributed by atoms with Crippen LogP contribution in [0.15, 0.2) is 55.2 Å². The van der Waals surface area contributed by atoms with Crippen LogP contribution >= 0.6 is 31.9 Å². The standard InChI is InChI=1S/C12H10Br2N2O3S/c1-16-7-9(3-5-12(16)17)15-20(18,19)11-6-8(13)2-4-10(11)14/h2-7,15H,1H3. The quantitative estimate of drug-likeness (QED) is 0.828. The van der Waals surface area contributed by atoms with E-state index < -0.39 is 10.0 Å². The number of nitrogens with one attached hydrogen (secondary N) is 1. The van der Waals surface area contributed by atoms with Crippen molar-refractivity contribution in [3.63, 3.8) is 0 Å². The van der Waals surface area contributed by atoms with Crippen LogP contribution < -0.4 is 10.3 Å². The number of benzene rings is 1. The number of aromatic nitrogens is 1. The van der Waals surface area contributed by atoms with Gasteiger partial charge < -0.3 is 4.57 Å². The predicted molar refractivity (Wildman–Crippen MR) is 84.3 cm³/mol. The first-order valence-electron chi connectivity index (χ1n) is 5.44. The van der Waals surface area contributed by atoms with Gasteiger partial charge in [0.1, 0.15) is 4.90 Å². The fraction of sp³-hybridized carbons (Fsp3) is 0.0833. The number of rotatable bonds is 3. The second-order valence-electron chi connectivity index (χ2n) is 4.05. The van der Waals surface area contributed by atoms with Crippen molar-refractivity contribution in [1.82, 2.24) is 4.57 Å². The van der Waals surface area contributed by atoms with Gasteiger partial charge in [0.05, 0.1) is 5.69 Å². The largest absolute Gasteiger partial charge is 0.316 e. The minimum Gasteiger partial charge on any atom is -0.316 e. The lowest BCUT2D eigenvalue weighted by molar-refractivity contribution is 0.600. The molecule has 0 aliphatic rings. The molecule has 20 heavy (non-hydrogen) atoms. The Labute approximate surface area is 132 Å². The van der Waals surface area contributed by atoms with E-state index in [0.717, 1.165) is 0 Å². The van der Waals surface area contributed by atoms with Gasteiger partial charge in [-0.25, -0.2) is 8.42 Å². The normalized spacial score (nSPS) is 11.3. The summed E-state index contributed by atoms with van der Waals surface area (Å²) < 4.78 is 29.5. The van der Waals surface area contributed by atoms with E-state index in [1.54, 1.807) is 19.2 Å². The van der Waals surface area contributed by atoms with Gasteiger partial charge in [0.15, 0.2) is 0 Å². The van der Waals surface area contributed by atoms with E-state index in [0.29, 0.717) is 14.6 Å². The van der Waals surface area contributed by atoms with Crippen LogP contribution in [0.3, 0.4) is 0 Å². The maximum atomic E-state index is 12.3. The first kappa shape index (κ1) is 15.3. The van der Waals surface area contributed by atoms with Gasteiger partial charge in [0.25, 0.3) is 10.0 Å². The summed E-state index contributed by atoms with van der Waals surface area (Å²) in [5.74, 6) is 0. The van der Waals surface area contributed by atoms with Crippen LogP contribution in [0.4, 0.5) is 5.69 Å². The molecule has 1 aromatic heterocycles. The molecule has 0 radical (unpaired) electrons. The Bertz CT molecular complexity index is 816. The SMILES string of the molecule is Cn1cc(NS(=O)(=O)c2cc(Br)ccc2Br)ccc1=O. The number of halogens is 2. The van der Waals surface area contributed by atoms with E-state index in [9.17, 15) is 13.2 Å². The second kappa shape index (κ2) is 5.71. The van der Waals surface area contributed by atoms with Crippen LogP contribution in [0.25, 0.3) is 0 Å². The fourth-order valence-corrected chi connectivity index (χ4v) is 4.09. The third-order valence-electron chi connectivity index (χ3n) is 2.52. The van der Waals surface area contributed by atoms with Gasteiger partial charge in [0.2, 0.25) is 5.56 Å². The number of hydrogen-bond donors (Lipinski definition) is 1. The summed E-state index contributed by atoms with van der Waals surface area (Å²) in [5, 5.41) is 0. The van der Waals surface area contributed by atoms with Gasteiger partial charge >= 0.3 is 0 Å².